The second-order valence-corrected chi connectivity index (χ2v) is 4.78. The number of anilines is 1. The number of halogens is 1. The fourth-order valence-electron chi connectivity index (χ4n) is 1.28. The first-order valence-electron chi connectivity index (χ1n) is 5.28. The number of carbonyl (C=O) groups excluding carboxylic acids is 2. The quantitative estimate of drug-likeness (QED) is 0.823. The Morgan fingerprint density at radius 2 is 1.88 bits per heavy atom. The Morgan fingerprint density at radius 1 is 1.24 bits per heavy atom. The summed E-state index contributed by atoms with van der Waals surface area (Å²) >= 11 is 3.37. The zero-order valence-corrected chi connectivity index (χ0v) is 11.6. The maximum atomic E-state index is 11.4. The molecule has 1 aromatic rings. The van der Waals surface area contributed by atoms with Crippen molar-refractivity contribution in [2.45, 2.75) is 19.8 Å². The lowest BCUT2D eigenvalue weighted by atomic mass is 10.0. The summed E-state index contributed by atoms with van der Waals surface area (Å²) in [6.45, 7) is 4.18. The number of hydrogen-bond donors (Lipinski definition) is 2. The molecule has 0 radical (unpaired) electrons. The molecule has 0 aliphatic rings. The smallest absolute Gasteiger partial charge is 0.313 e. The fraction of sp³-hybridized carbons (Fsp3) is 0.333. The van der Waals surface area contributed by atoms with Gasteiger partial charge in [-0.05, 0) is 39.5 Å². The molecule has 5 heteroatoms. The van der Waals surface area contributed by atoms with Crippen LogP contribution >= 0.6 is 15.9 Å². The lowest BCUT2D eigenvalue weighted by Crippen LogP contribution is -2.32. The van der Waals surface area contributed by atoms with Crippen LogP contribution in [0.25, 0.3) is 0 Å². The molecule has 0 atom stereocenters. The molecule has 2 amide bonds. The van der Waals surface area contributed by atoms with Gasteiger partial charge in [-0.2, -0.15) is 0 Å². The van der Waals surface area contributed by atoms with Crippen molar-refractivity contribution in [3.05, 3.63) is 28.2 Å². The molecular formula is C12H15BrN2O2. The first-order valence-corrected chi connectivity index (χ1v) is 6.07. The molecule has 4 nitrogen and oxygen atoms in total. The second kappa shape index (κ2) is 5.82. The number of amides is 2. The van der Waals surface area contributed by atoms with Gasteiger partial charge >= 0.3 is 11.8 Å². The van der Waals surface area contributed by atoms with Gasteiger partial charge in [0.1, 0.15) is 0 Å². The van der Waals surface area contributed by atoms with Crippen LogP contribution in [0.5, 0.6) is 0 Å². The fourth-order valence-corrected chi connectivity index (χ4v) is 1.78. The molecule has 0 aromatic heterocycles. The van der Waals surface area contributed by atoms with E-state index in [1.165, 1.54) is 7.05 Å². The van der Waals surface area contributed by atoms with Gasteiger partial charge < -0.3 is 10.6 Å². The van der Waals surface area contributed by atoms with Gasteiger partial charge in [0.15, 0.2) is 0 Å². The first-order chi connectivity index (χ1) is 7.95. The largest absolute Gasteiger partial charge is 0.351 e. The molecule has 0 unspecified atom stereocenters. The predicted molar refractivity (Wildman–Crippen MR) is 70.9 cm³/mol. The van der Waals surface area contributed by atoms with E-state index in [1.54, 1.807) is 6.07 Å². The Balaban J connectivity index is 2.86. The summed E-state index contributed by atoms with van der Waals surface area (Å²) in [4.78, 5) is 22.4. The minimum absolute atomic E-state index is 0.412. The van der Waals surface area contributed by atoms with Crippen LogP contribution in [-0.4, -0.2) is 18.9 Å². The molecule has 0 heterocycles. The van der Waals surface area contributed by atoms with E-state index in [2.05, 4.69) is 40.4 Å². The summed E-state index contributed by atoms with van der Waals surface area (Å²) in [5, 5.41) is 4.80. The molecule has 0 spiro atoms. The number of nitrogens with one attached hydrogen (secondary N) is 2. The highest BCUT2D eigenvalue weighted by atomic mass is 79.9. The van der Waals surface area contributed by atoms with Crippen molar-refractivity contribution in [1.82, 2.24) is 5.32 Å². The van der Waals surface area contributed by atoms with E-state index in [1.807, 2.05) is 12.1 Å². The molecule has 0 aliphatic heterocycles. The SMILES string of the molecule is CNC(=O)C(=O)Nc1ccc(C(C)C)cc1Br. The van der Waals surface area contributed by atoms with E-state index in [4.69, 9.17) is 0 Å². The summed E-state index contributed by atoms with van der Waals surface area (Å²) in [7, 11) is 1.42. The number of benzene rings is 1. The molecule has 0 fully saturated rings. The average Bonchev–Trinajstić information content (AvgIpc) is 2.30. The van der Waals surface area contributed by atoms with E-state index in [9.17, 15) is 9.59 Å². The van der Waals surface area contributed by atoms with Crippen LogP contribution in [0, 0.1) is 0 Å². The highest BCUT2D eigenvalue weighted by molar-refractivity contribution is 9.10. The zero-order valence-electron chi connectivity index (χ0n) is 10.0. The average molecular weight is 299 g/mol. The van der Waals surface area contributed by atoms with Gasteiger partial charge in [0.25, 0.3) is 0 Å². The zero-order chi connectivity index (χ0) is 13.0. The number of hydrogen-bond acceptors (Lipinski definition) is 2. The van der Waals surface area contributed by atoms with Crippen molar-refractivity contribution in [3.8, 4) is 0 Å². The number of likely N-dealkylation sites (N-methyl/N-ethyl adjacent to an activating group) is 1. The predicted octanol–water partition coefficient (Wildman–Crippen LogP) is 2.26. The van der Waals surface area contributed by atoms with E-state index in [0.717, 1.165) is 10.0 Å². The molecule has 0 aliphatic carbocycles. The van der Waals surface area contributed by atoms with Crippen LogP contribution in [0.2, 0.25) is 0 Å². The molecule has 0 bridgehead atoms. The van der Waals surface area contributed by atoms with E-state index in [-0.39, 0.29) is 0 Å². The van der Waals surface area contributed by atoms with Gasteiger partial charge in [-0.15, -0.1) is 0 Å². The Labute approximate surface area is 109 Å². The summed E-state index contributed by atoms with van der Waals surface area (Å²) in [6, 6.07) is 5.64. The van der Waals surface area contributed by atoms with Crippen LogP contribution in [-0.2, 0) is 9.59 Å². The van der Waals surface area contributed by atoms with E-state index >= 15 is 0 Å². The number of carbonyl (C=O) groups is 2. The second-order valence-electron chi connectivity index (χ2n) is 3.93. The third-order valence-electron chi connectivity index (χ3n) is 2.34. The Hall–Kier alpha value is -1.36. The van der Waals surface area contributed by atoms with Crippen LogP contribution in [0.15, 0.2) is 22.7 Å². The van der Waals surface area contributed by atoms with Crippen molar-refractivity contribution >= 4 is 33.4 Å². The van der Waals surface area contributed by atoms with Gasteiger partial charge in [0, 0.05) is 11.5 Å². The molecule has 92 valence electrons. The Kier molecular flexibility index (Phi) is 4.69. The van der Waals surface area contributed by atoms with Gasteiger partial charge in [-0.3, -0.25) is 9.59 Å². The van der Waals surface area contributed by atoms with Crippen LogP contribution in [0.1, 0.15) is 25.3 Å². The van der Waals surface area contributed by atoms with Gasteiger partial charge in [0.2, 0.25) is 0 Å². The van der Waals surface area contributed by atoms with E-state index in [0.29, 0.717) is 11.6 Å². The highest BCUT2D eigenvalue weighted by Gasteiger charge is 2.13. The van der Waals surface area contributed by atoms with Crippen molar-refractivity contribution < 1.29 is 9.59 Å². The third-order valence-corrected chi connectivity index (χ3v) is 3.00. The number of rotatable bonds is 2. The minimum Gasteiger partial charge on any atom is -0.351 e. The molecule has 2 N–H and O–H groups in total. The monoisotopic (exact) mass is 298 g/mol. The van der Waals surface area contributed by atoms with Crippen molar-refractivity contribution in [2.75, 3.05) is 12.4 Å². The molecule has 1 aromatic carbocycles. The molecule has 17 heavy (non-hydrogen) atoms. The topological polar surface area (TPSA) is 58.2 Å². The van der Waals surface area contributed by atoms with Gasteiger partial charge in [0.05, 0.1) is 5.69 Å². The van der Waals surface area contributed by atoms with Crippen LogP contribution in [0.3, 0.4) is 0 Å². The highest BCUT2D eigenvalue weighted by Crippen LogP contribution is 2.26. The van der Waals surface area contributed by atoms with Crippen LogP contribution < -0.4 is 10.6 Å². The van der Waals surface area contributed by atoms with E-state index < -0.39 is 11.8 Å². The summed E-state index contributed by atoms with van der Waals surface area (Å²) in [5.74, 6) is -0.926. The standard InChI is InChI=1S/C12H15BrN2O2/c1-7(2)8-4-5-10(9(13)6-8)15-12(17)11(16)14-3/h4-7H,1-3H3,(H,14,16)(H,15,17). The maximum absolute atomic E-state index is 11.4. The summed E-state index contributed by atoms with van der Waals surface area (Å²) in [5.41, 5.74) is 1.75. The van der Waals surface area contributed by atoms with Crippen molar-refractivity contribution in [2.24, 2.45) is 0 Å². The molecule has 0 saturated heterocycles. The van der Waals surface area contributed by atoms with Crippen molar-refractivity contribution in [1.29, 1.82) is 0 Å². The van der Waals surface area contributed by atoms with Gasteiger partial charge in [-0.1, -0.05) is 19.9 Å². The maximum Gasteiger partial charge on any atom is 0.313 e. The van der Waals surface area contributed by atoms with Gasteiger partial charge in [-0.25, -0.2) is 0 Å². The minimum atomic E-state index is -0.675. The Bertz CT molecular complexity index is 444. The van der Waals surface area contributed by atoms with Crippen LogP contribution in [0.4, 0.5) is 5.69 Å². The lowest BCUT2D eigenvalue weighted by molar-refractivity contribution is -0.135. The lowest BCUT2D eigenvalue weighted by Gasteiger charge is -2.10. The normalized spacial score (nSPS) is 10.2. The first kappa shape index (κ1) is 13.7. The van der Waals surface area contributed by atoms with Crippen molar-refractivity contribution in [3.63, 3.8) is 0 Å². The summed E-state index contributed by atoms with van der Waals surface area (Å²) in [6.07, 6.45) is 0. The molecule has 0 saturated carbocycles. The Morgan fingerprint density at radius 3 is 2.35 bits per heavy atom. The summed E-state index contributed by atoms with van der Waals surface area (Å²) < 4.78 is 0.765. The molecular weight excluding hydrogens is 284 g/mol. The third kappa shape index (κ3) is 3.56. The molecule has 1 rings (SSSR count).